The largest absolute Gasteiger partial charge is 0.454 e. The predicted octanol–water partition coefficient (Wildman–Crippen LogP) is 4.63. The molecule has 0 atom stereocenters. The fraction of sp³-hybridized carbons (Fsp3) is 0.250. The second-order valence-electron chi connectivity index (χ2n) is 7.65. The molecule has 5 rings (SSSR count). The number of fused-ring (bicyclic) bond motifs is 1. The number of thiophene rings is 1. The molecule has 2 aliphatic rings. The Morgan fingerprint density at radius 3 is 2.55 bits per heavy atom. The normalized spacial score (nSPS) is 15.7. The molecular weight excluding hydrogens is 412 g/mol. The van der Waals surface area contributed by atoms with Gasteiger partial charge in [-0.3, -0.25) is 9.59 Å². The van der Waals surface area contributed by atoms with Crippen LogP contribution in [0.15, 0.2) is 60.0 Å². The van der Waals surface area contributed by atoms with Crippen LogP contribution in [-0.4, -0.2) is 36.6 Å². The Morgan fingerprint density at radius 2 is 1.74 bits per heavy atom. The van der Waals surface area contributed by atoms with Gasteiger partial charge in [-0.25, -0.2) is 0 Å². The zero-order valence-corrected chi connectivity index (χ0v) is 17.7. The summed E-state index contributed by atoms with van der Waals surface area (Å²) in [6, 6.07) is 17.3. The fourth-order valence-corrected chi connectivity index (χ4v) is 4.91. The maximum absolute atomic E-state index is 13.1. The molecular formula is C24H22N2O4S. The van der Waals surface area contributed by atoms with Crippen LogP contribution in [0.1, 0.15) is 22.5 Å². The second kappa shape index (κ2) is 8.43. The number of nitrogens with one attached hydrogen (secondary N) is 1. The average molecular weight is 435 g/mol. The number of rotatable bonds is 4. The summed E-state index contributed by atoms with van der Waals surface area (Å²) in [5.74, 6) is 1.23. The maximum atomic E-state index is 13.1. The molecule has 0 bridgehead atoms. The molecule has 1 fully saturated rings. The van der Waals surface area contributed by atoms with Crippen LogP contribution in [0, 0.1) is 5.92 Å². The van der Waals surface area contributed by atoms with Crippen molar-refractivity contribution in [2.45, 2.75) is 12.8 Å². The van der Waals surface area contributed by atoms with Crippen molar-refractivity contribution in [1.29, 1.82) is 0 Å². The Bertz CT molecular complexity index is 1100. The molecule has 1 aromatic heterocycles. The standard InChI is InChI=1S/C24H22N2O4S/c27-23(25-18-6-7-20-21(14-18)30-15-29-20)17-8-11-26(12-9-17)24(28)22-19(10-13-31-22)16-4-2-1-3-5-16/h1-7,10,13-14,17H,8-9,11-12,15H2,(H,25,27). The maximum Gasteiger partial charge on any atom is 0.264 e. The van der Waals surface area contributed by atoms with E-state index >= 15 is 0 Å². The van der Waals surface area contributed by atoms with Crippen molar-refractivity contribution in [3.63, 3.8) is 0 Å². The van der Waals surface area contributed by atoms with Crippen molar-refractivity contribution < 1.29 is 19.1 Å². The average Bonchev–Trinajstić information content (AvgIpc) is 3.48. The Kier molecular flexibility index (Phi) is 5.34. The fourth-order valence-electron chi connectivity index (χ4n) is 4.03. The molecule has 0 radical (unpaired) electrons. The van der Waals surface area contributed by atoms with Gasteiger partial charge in [0.2, 0.25) is 12.7 Å². The molecule has 0 spiro atoms. The highest BCUT2D eigenvalue weighted by molar-refractivity contribution is 7.12. The Morgan fingerprint density at radius 1 is 0.968 bits per heavy atom. The number of carbonyl (C=O) groups excluding carboxylic acids is 2. The first-order valence-electron chi connectivity index (χ1n) is 10.3. The van der Waals surface area contributed by atoms with Crippen LogP contribution in [0.5, 0.6) is 11.5 Å². The molecule has 0 unspecified atom stereocenters. The number of hydrogen-bond donors (Lipinski definition) is 1. The number of likely N-dealkylation sites (tertiary alicyclic amines) is 1. The lowest BCUT2D eigenvalue weighted by Crippen LogP contribution is -2.41. The lowest BCUT2D eigenvalue weighted by Gasteiger charge is -2.31. The predicted molar refractivity (Wildman–Crippen MR) is 120 cm³/mol. The van der Waals surface area contributed by atoms with Gasteiger partial charge < -0.3 is 19.7 Å². The van der Waals surface area contributed by atoms with E-state index in [1.165, 1.54) is 11.3 Å². The number of carbonyl (C=O) groups is 2. The Hall–Kier alpha value is -3.32. The minimum Gasteiger partial charge on any atom is -0.454 e. The number of benzene rings is 2. The van der Waals surface area contributed by atoms with Gasteiger partial charge in [0.1, 0.15) is 0 Å². The molecule has 3 heterocycles. The van der Waals surface area contributed by atoms with E-state index in [1.807, 2.05) is 52.7 Å². The van der Waals surface area contributed by atoms with Crippen LogP contribution in [-0.2, 0) is 4.79 Å². The molecule has 1 N–H and O–H groups in total. The van der Waals surface area contributed by atoms with Gasteiger partial charge in [0, 0.05) is 36.3 Å². The summed E-state index contributed by atoms with van der Waals surface area (Å²) in [7, 11) is 0. The van der Waals surface area contributed by atoms with Crippen molar-refractivity contribution in [2.75, 3.05) is 25.2 Å². The summed E-state index contributed by atoms with van der Waals surface area (Å²) in [5.41, 5.74) is 2.71. The van der Waals surface area contributed by atoms with Crippen molar-refractivity contribution in [3.8, 4) is 22.6 Å². The first kappa shape index (κ1) is 19.6. The van der Waals surface area contributed by atoms with Gasteiger partial charge in [-0.15, -0.1) is 11.3 Å². The quantitative estimate of drug-likeness (QED) is 0.650. The third-order valence-electron chi connectivity index (χ3n) is 5.74. The summed E-state index contributed by atoms with van der Waals surface area (Å²) in [6.07, 6.45) is 1.29. The first-order valence-corrected chi connectivity index (χ1v) is 11.2. The molecule has 158 valence electrons. The van der Waals surface area contributed by atoms with Crippen LogP contribution >= 0.6 is 11.3 Å². The van der Waals surface area contributed by atoms with E-state index in [9.17, 15) is 9.59 Å². The van der Waals surface area contributed by atoms with Crippen molar-refractivity contribution >= 4 is 28.8 Å². The molecule has 7 heteroatoms. The van der Waals surface area contributed by atoms with Gasteiger partial charge in [0.15, 0.2) is 11.5 Å². The molecule has 2 amide bonds. The first-order chi connectivity index (χ1) is 15.2. The van der Waals surface area contributed by atoms with Gasteiger partial charge in [-0.2, -0.15) is 0 Å². The lowest BCUT2D eigenvalue weighted by molar-refractivity contribution is -0.121. The van der Waals surface area contributed by atoms with Crippen molar-refractivity contribution in [3.05, 3.63) is 64.9 Å². The highest BCUT2D eigenvalue weighted by Crippen LogP contribution is 2.35. The number of ether oxygens (including phenoxy) is 2. The smallest absolute Gasteiger partial charge is 0.264 e. The van der Waals surface area contributed by atoms with E-state index in [-0.39, 0.29) is 24.5 Å². The topological polar surface area (TPSA) is 67.9 Å². The third-order valence-corrected chi connectivity index (χ3v) is 6.64. The van der Waals surface area contributed by atoms with E-state index in [0.717, 1.165) is 16.0 Å². The Labute approximate surface area is 184 Å². The van der Waals surface area contributed by atoms with E-state index in [2.05, 4.69) is 5.32 Å². The van der Waals surface area contributed by atoms with E-state index in [4.69, 9.17) is 9.47 Å². The van der Waals surface area contributed by atoms with Gasteiger partial charge in [0.25, 0.3) is 5.91 Å². The van der Waals surface area contributed by atoms with Gasteiger partial charge in [-0.1, -0.05) is 30.3 Å². The number of amides is 2. The van der Waals surface area contributed by atoms with Crippen LogP contribution in [0.3, 0.4) is 0 Å². The van der Waals surface area contributed by atoms with Crippen molar-refractivity contribution in [2.24, 2.45) is 5.92 Å². The lowest BCUT2D eigenvalue weighted by atomic mass is 9.95. The second-order valence-corrected chi connectivity index (χ2v) is 8.57. The molecule has 3 aromatic rings. The summed E-state index contributed by atoms with van der Waals surface area (Å²) in [4.78, 5) is 28.5. The van der Waals surface area contributed by atoms with E-state index < -0.39 is 0 Å². The number of anilines is 1. The molecule has 0 aliphatic carbocycles. The number of nitrogens with zero attached hydrogens (tertiary/aromatic N) is 1. The van der Waals surface area contributed by atoms with Gasteiger partial charge >= 0.3 is 0 Å². The SMILES string of the molecule is O=C(Nc1ccc2c(c1)OCO2)C1CCN(C(=O)c2sccc2-c2ccccc2)CC1. The van der Waals surface area contributed by atoms with Crippen LogP contribution in [0.25, 0.3) is 11.1 Å². The number of piperidine rings is 1. The summed E-state index contributed by atoms with van der Waals surface area (Å²) in [6.45, 7) is 1.35. The van der Waals surface area contributed by atoms with Gasteiger partial charge in [0.05, 0.1) is 4.88 Å². The Balaban J connectivity index is 1.20. The van der Waals surface area contributed by atoms with Crippen molar-refractivity contribution in [1.82, 2.24) is 4.90 Å². The van der Waals surface area contributed by atoms with Gasteiger partial charge in [-0.05, 0) is 42.0 Å². The molecule has 0 saturated carbocycles. The van der Waals surface area contributed by atoms with Crippen LogP contribution in [0.2, 0.25) is 0 Å². The van der Waals surface area contributed by atoms with E-state index in [1.54, 1.807) is 12.1 Å². The molecule has 2 aromatic carbocycles. The minimum absolute atomic E-state index is 0.0212. The zero-order chi connectivity index (χ0) is 21.2. The van der Waals surface area contributed by atoms with Crippen LogP contribution in [0.4, 0.5) is 5.69 Å². The minimum atomic E-state index is -0.119. The molecule has 6 nitrogen and oxygen atoms in total. The highest BCUT2D eigenvalue weighted by atomic mass is 32.1. The monoisotopic (exact) mass is 434 g/mol. The zero-order valence-electron chi connectivity index (χ0n) is 16.9. The summed E-state index contributed by atoms with van der Waals surface area (Å²) in [5, 5.41) is 4.93. The molecule has 31 heavy (non-hydrogen) atoms. The highest BCUT2D eigenvalue weighted by Gasteiger charge is 2.29. The summed E-state index contributed by atoms with van der Waals surface area (Å²) < 4.78 is 10.7. The van der Waals surface area contributed by atoms with Crippen LogP contribution < -0.4 is 14.8 Å². The molecule has 1 saturated heterocycles. The number of hydrogen-bond acceptors (Lipinski definition) is 5. The van der Waals surface area contributed by atoms with E-state index in [0.29, 0.717) is 43.1 Å². The summed E-state index contributed by atoms with van der Waals surface area (Å²) >= 11 is 1.47. The molecule has 2 aliphatic heterocycles. The third kappa shape index (κ3) is 4.01.